The lowest BCUT2D eigenvalue weighted by Crippen LogP contribution is -2.46. The van der Waals surface area contributed by atoms with Gasteiger partial charge in [0.2, 0.25) is 0 Å². The number of non-ortho nitro benzene ring substituents is 1. The van der Waals surface area contributed by atoms with Crippen LogP contribution in [0.5, 0.6) is 0 Å². The highest BCUT2D eigenvalue weighted by atomic mass is 16.6. The second-order valence-electron chi connectivity index (χ2n) is 5.89. The average molecular weight is 275 g/mol. The van der Waals surface area contributed by atoms with Crippen LogP contribution in [0.25, 0.3) is 0 Å². The van der Waals surface area contributed by atoms with Crippen LogP contribution in [0.4, 0.5) is 5.69 Å². The van der Waals surface area contributed by atoms with Crippen molar-refractivity contribution in [1.82, 2.24) is 10.2 Å². The topological polar surface area (TPSA) is 58.4 Å². The zero-order valence-electron chi connectivity index (χ0n) is 11.8. The Hall–Kier alpha value is -1.46. The van der Waals surface area contributed by atoms with E-state index in [1.807, 2.05) is 12.1 Å². The van der Waals surface area contributed by atoms with E-state index in [2.05, 4.69) is 17.1 Å². The molecule has 2 saturated heterocycles. The molecule has 0 amide bonds. The van der Waals surface area contributed by atoms with Gasteiger partial charge in [-0.3, -0.25) is 15.0 Å². The summed E-state index contributed by atoms with van der Waals surface area (Å²) in [4.78, 5) is 12.9. The van der Waals surface area contributed by atoms with Crippen LogP contribution in [0.2, 0.25) is 0 Å². The quantitative estimate of drug-likeness (QED) is 0.679. The Morgan fingerprint density at radius 1 is 1.35 bits per heavy atom. The fraction of sp³-hybridized carbons (Fsp3) is 0.600. The van der Waals surface area contributed by atoms with E-state index in [0.29, 0.717) is 12.1 Å². The predicted molar refractivity (Wildman–Crippen MR) is 77.6 cm³/mol. The maximum absolute atomic E-state index is 10.7. The van der Waals surface area contributed by atoms with Gasteiger partial charge in [0, 0.05) is 30.8 Å². The first-order valence-electron chi connectivity index (χ1n) is 7.37. The molecule has 0 radical (unpaired) electrons. The number of fused-ring (bicyclic) bond motifs is 1. The molecule has 5 nitrogen and oxygen atoms in total. The van der Waals surface area contributed by atoms with Crippen molar-refractivity contribution < 1.29 is 4.92 Å². The van der Waals surface area contributed by atoms with E-state index in [1.165, 1.54) is 18.4 Å². The summed E-state index contributed by atoms with van der Waals surface area (Å²) in [5.74, 6) is 0.768. The molecule has 2 fully saturated rings. The van der Waals surface area contributed by atoms with Gasteiger partial charge in [-0.05, 0) is 44.3 Å². The number of nitrogens with one attached hydrogen (secondary N) is 1. The largest absolute Gasteiger partial charge is 0.315 e. The lowest BCUT2D eigenvalue weighted by Gasteiger charge is -2.41. The first kappa shape index (κ1) is 13.5. The zero-order valence-corrected chi connectivity index (χ0v) is 11.8. The zero-order chi connectivity index (χ0) is 14.1. The van der Waals surface area contributed by atoms with Gasteiger partial charge in [0.05, 0.1) is 4.92 Å². The maximum atomic E-state index is 10.7. The van der Waals surface area contributed by atoms with Crippen molar-refractivity contribution in [2.75, 3.05) is 19.6 Å². The van der Waals surface area contributed by atoms with E-state index in [1.54, 1.807) is 12.1 Å². The van der Waals surface area contributed by atoms with Crippen molar-refractivity contribution in [3.05, 3.63) is 39.9 Å². The maximum Gasteiger partial charge on any atom is 0.269 e. The molecular weight excluding hydrogens is 254 g/mol. The summed E-state index contributed by atoms with van der Waals surface area (Å²) in [6, 6.07) is 7.96. The van der Waals surface area contributed by atoms with Gasteiger partial charge in [-0.15, -0.1) is 0 Å². The van der Waals surface area contributed by atoms with Gasteiger partial charge in [-0.2, -0.15) is 0 Å². The highest BCUT2D eigenvalue weighted by molar-refractivity contribution is 5.34. The number of benzene rings is 1. The predicted octanol–water partition coefficient (Wildman–Crippen LogP) is 2.34. The molecule has 108 valence electrons. The standard InChI is InChI=1S/C15H21N3O2/c1-11(12-4-6-14(7-5-12)18(19)20)17-8-2-3-13-9-16-10-15(13)17/h4-7,11,13,15-16H,2-3,8-10H2,1H3. The van der Waals surface area contributed by atoms with Crippen LogP contribution in [-0.2, 0) is 0 Å². The minimum Gasteiger partial charge on any atom is -0.315 e. The van der Waals surface area contributed by atoms with Crippen LogP contribution in [-0.4, -0.2) is 35.5 Å². The molecule has 3 rings (SSSR count). The molecule has 0 spiro atoms. The highest BCUT2D eigenvalue weighted by Crippen LogP contribution is 2.33. The van der Waals surface area contributed by atoms with E-state index < -0.39 is 0 Å². The van der Waals surface area contributed by atoms with Crippen molar-refractivity contribution in [3.63, 3.8) is 0 Å². The molecule has 1 N–H and O–H groups in total. The first-order chi connectivity index (χ1) is 9.66. The second-order valence-corrected chi connectivity index (χ2v) is 5.89. The van der Waals surface area contributed by atoms with Gasteiger partial charge in [0.15, 0.2) is 0 Å². The molecule has 20 heavy (non-hydrogen) atoms. The summed E-state index contributed by atoms with van der Waals surface area (Å²) in [5.41, 5.74) is 1.34. The molecule has 1 aromatic rings. The van der Waals surface area contributed by atoms with Gasteiger partial charge in [0.25, 0.3) is 5.69 Å². The summed E-state index contributed by atoms with van der Waals surface area (Å²) in [7, 11) is 0. The number of rotatable bonds is 3. The van der Waals surface area contributed by atoms with Crippen molar-refractivity contribution in [2.24, 2.45) is 5.92 Å². The van der Waals surface area contributed by atoms with Crippen LogP contribution >= 0.6 is 0 Å². The van der Waals surface area contributed by atoms with Crippen LogP contribution in [0.1, 0.15) is 31.4 Å². The fourth-order valence-electron chi connectivity index (χ4n) is 3.65. The smallest absolute Gasteiger partial charge is 0.269 e. The molecule has 3 unspecified atom stereocenters. The lowest BCUT2D eigenvalue weighted by atomic mass is 9.89. The number of nitrogens with zero attached hydrogens (tertiary/aromatic N) is 2. The van der Waals surface area contributed by atoms with Gasteiger partial charge in [-0.25, -0.2) is 0 Å². The van der Waals surface area contributed by atoms with Crippen LogP contribution in [0.15, 0.2) is 24.3 Å². The molecule has 1 aromatic carbocycles. The molecule has 2 heterocycles. The second kappa shape index (κ2) is 5.50. The molecule has 2 aliphatic rings. The van der Waals surface area contributed by atoms with Gasteiger partial charge in [0.1, 0.15) is 0 Å². The van der Waals surface area contributed by atoms with E-state index in [9.17, 15) is 10.1 Å². The molecule has 0 saturated carbocycles. The number of nitro groups is 1. The van der Waals surface area contributed by atoms with E-state index in [0.717, 1.165) is 25.6 Å². The third kappa shape index (κ3) is 2.43. The Balaban J connectivity index is 1.77. The van der Waals surface area contributed by atoms with E-state index in [-0.39, 0.29) is 10.6 Å². The van der Waals surface area contributed by atoms with Crippen LogP contribution in [0.3, 0.4) is 0 Å². The SMILES string of the molecule is CC(c1ccc([N+](=O)[O-])cc1)N1CCCC2CNCC21. The Kier molecular flexibility index (Phi) is 3.72. The molecule has 3 atom stereocenters. The summed E-state index contributed by atoms with van der Waals surface area (Å²) >= 11 is 0. The minimum atomic E-state index is -0.341. The lowest BCUT2D eigenvalue weighted by molar-refractivity contribution is -0.384. The molecule has 5 heteroatoms. The molecular formula is C15H21N3O2. The highest BCUT2D eigenvalue weighted by Gasteiger charge is 2.37. The molecule has 0 aliphatic carbocycles. The first-order valence-corrected chi connectivity index (χ1v) is 7.37. The monoisotopic (exact) mass is 275 g/mol. The molecule has 0 aromatic heterocycles. The summed E-state index contributed by atoms with van der Waals surface area (Å²) in [6.07, 6.45) is 2.57. The number of hydrogen-bond acceptors (Lipinski definition) is 4. The minimum absolute atomic E-state index is 0.167. The number of nitro benzene ring substituents is 1. The van der Waals surface area contributed by atoms with Crippen molar-refractivity contribution in [2.45, 2.75) is 31.8 Å². The average Bonchev–Trinajstić information content (AvgIpc) is 2.95. The Morgan fingerprint density at radius 2 is 2.10 bits per heavy atom. The molecule has 0 bridgehead atoms. The third-order valence-electron chi connectivity index (χ3n) is 4.81. The van der Waals surface area contributed by atoms with Crippen molar-refractivity contribution in [1.29, 1.82) is 0 Å². The van der Waals surface area contributed by atoms with Crippen LogP contribution in [0, 0.1) is 16.0 Å². The summed E-state index contributed by atoms with van der Waals surface area (Å²) < 4.78 is 0. The molecule has 2 aliphatic heterocycles. The fourth-order valence-corrected chi connectivity index (χ4v) is 3.65. The van der Waals surface area contributed by atoms with Crippen molar-refractivity contribution >= 4 is 5.69 Å². The number of piperidine rings is 1. The van der Waals surface area contributed by atoms with Gasteiger partial charge < -0.3 is 5.32 Å². The van der Waals surface area contributed by atoms with Gasteiger partial charge in [-0.1, -0.05) is 12.1 Å². The van der Waals surface area contributed by atoms with Gasteiger partial charge >= 0.3 is 0 Å². The van der Waals surface area contributed by atoms with Crippen LogP contribution < -0.4 is 5.32 Å². The van der Waals surface area contributed by atoms with E-state index in [4.69, 9.17) is 0 Å². The Bertz CT molecular complexity index is 488. The number of likely N-dealkylation sites (tertiary alicyclic amines) is 1. The normalized spacial score (nSPS) is 28.1. The Labute approximate surface area is 119 Å². The summed E-state index contributed by atoms with van der Waals surface area (Å²) in [5, 5.41) is 14.2. The number of hydrogen-bond donors (Lipinski definition) is 1. The van der Waals surface area contributed by atoms with Crippen molar-refractivity contribution in [3.8, 4) is 0 Å². The summed E-state index contributed by atoms with van der Waals surface area (Å²) in [6.45, 7) is 5.54. The third-order valence-corrected chi connectivity index (χ3v) is 4.81. The Morgan fingerprint density at radius 3 is 2.80 bits per heavy atom. The van der Waals surface area contributed by atoms with E-state index >= 15 is 0 Å².